The fourth-order valence-corrected chi connectivity index (χ4v) is 3.28. The lowest BCUT2D eigenvalue weighted by molar-refractivity contribution is -0.141. The van der Waals surface area contributed by atoms with Gasteiger partial charge in [-0.25, -0.2) is 0 Å². The highest BCUT2D eigenvalue weighted by atomic mass is 16.5. The molecule has 0 spiro atoms. The zero-order valence-corrected chi connectivity index (χ0v) is 15.2. The number of carbonyl (C=O) groups excluding carboxylic acids is 2. The van der Waals surface area contributed by atoms with Crippen LogP contribution >= 0.6 is 0 Å². The Morgan fingerprint density at radius 3 is 2.46 bits per heavy atom. The average Bonchev–Trinajstić information content (AvgIpc) is 2.97. The monoisotopic (exact) mass is 352 g/mol. The summed E-state index contributed by atoms with van der Waals surface area (Å²) in [5.41, 5.74) is 1.19. The minimum absolute atomic E-state index is 0.0122. The third-order valence-corrected chi connectivity index (χ3v) is 5.01. The van der Waals surface area contributed by atoms with Crippen LogP contribution in [0.15, 0.2) is 54.6 Å². The molecule has 0 radical (unpaired) electrons. The maximum absolute atomic E-state index is 12.9. The Morgan fingerprint density at radius 2 is 1.81 bits per heavy atom. The van der Waals surface area contributed by atoms with Crippen molar-refractivity contribution in [2.45, 2.75) is 38.4 Å². The Labute approximate surface area is 154 Å². The quantitative estimate of drug-likeness (QED) is 0.870. The Kier molecular flexibility index (Phi) is 5.26. The van der Waals surface area contributed by atoms with Gasteiger partial charge in [0.15, 0.2) is 0 Å². The van der Waals surface area contributed by atoms with Crippen LogP contribution in [0.3, 0.4) is 0 Å². The van der Waals surface area contributed by atoms with Gasteiger partial charge in [-0.2, -0.15) is 0 Å². The predicted molar refractivity (Wildman–Crippen MR) is 99.5 cm³/mol. The molecule has 0 bridgehead atoms. The lowest BCUT2D eigenvalue weighted by Crippen LogP contribution is -2.53. The average molecular weight is 352 g/mol. The number of hydrogen-bond acceptors (Lipinski definition) is 3. The number of ether oxygens (including phenoxy) is 1. The molecule has 0 aromatic heterocycles. The maximum atomic E-state index is 12.9. The topological polar surface area (TPSA) is 58.6 Å². The van der Waals surface area contributed by atoms with Crippen LogP contribution in [0.5, 0.6) is 5.75 Å². The number of benzene rings is 2. The fraction of sp³-hybridized carbons (Fsp3) is 0.333. The third kappa shape index (κ3) is 3.72. The molecule has 1 heterocycles. The van der Waals surface area contributed by atoms with E-state index in [1.165, 1.54) is 0 Å². The first-order chi connectivity index (χ1) is 12.5. The number of carbonyl (C=O) groups is 2. The van der Waals surface area contributed by atoms with E-state index < -0.39 is 5.54 Å². The molecule has 2 amide bonds. The van der Waals surface area contributed by atoms with Gasteiger partial charge < -0.3 is 15.0 Å². The SMILES string of the molecule is COc1ccc(CN2C(=O)CC[C@]2(C)C(=O)NCc2ccccc2)cc1. The van der Waals surface area contributed by atoms with E-state index in [1.54, 1.807) is 12.0 Å². The van der Waals surface area contributed by atoms with Gasteiger partial charge in [-0.15, -0.1) is 0 Å². The van der Waals surface area contributed by atoms with Crippen LogP contribution in [-0.4, -0.2) is 29.4 Å². The summed E-state index contributed by atoms with van der Waals surface area (Å²) in [6.07, 6.45) is 0.925. The third-order valence-electron chi connectivity index (χ3n) is 5.01. The van der Waals surface area contributed by atoms with Crippen LogP contribution in [0, 0.1) is 0 Å². The summed E-state index contributed by atoms with van der Waals surface area (Å²) in [6, 6.07) is 17.3. The molecular formula is C21H24N2O3. The Morgan fingerprint density at radius 1 is 1.12 bits per heavy atom. The first-order valence-corrected chi connectivity index (χ1v) is 8.78. The number of likely N-dealkylation sites (tertiary alicyclic amines) is 1. The van der Waals surface area contributed by atoms with Crippen LogP contribution in [0.4, 0.5) is 0 Å². The van der Waals surface area contributed by atoms with Crippen LogP contribution in [0.2, 0.25) is 0 Å². The smallest absolute Gasteiger partial charge is 0.245 e. The van der Waals surface area contributed by atoms with Crippen molar-refractivity contribution in [3.05, 3.63) is 65.7 Å². The second kappa shape index (κ2) is 7.60. The molecule has 1 fully saturated rings. The molecule has 3 rings (SSSR count). The van der Waals surface area contributed by atoms with Gasteiger partial charge in [0.25, 0.3) is 0 Å². The van der Waals surface area contributed by atoms with Crippen LogP contribution in [0.1, 0.15) is 30.9 Å². The Bertz CT molecular complexity index is 774. The normalized spacial score (nSPS) is 19.5. The lowest BCUT2D eigenvalue weighted by atomic mass is 9.97. The number of rotatable bonds is 6. The van der Waals surface area contributed by atoms with Crippen LogP contribution < -0.4 is 10.1 Å². The highest BCUT2D eigenvalue weighted by molar-refractivity contribution is 5.94. The fourth-order valence-electron chi connectivity index (χ4n) is 3.28. The molecule has 1 aliphatic rings. The van der Waals surface area contributed by atoms with E-state index in [4.69, 9.17) is 4.74 Å². The second-order valence-electron chi connectivity index (χ2n) is 6.77. The second-order valence-corrected chi connectivity index (χ2v) is 6.77. The molecule has 1 atom stereocenters. The summed E-state index contributed by atoms with van der Waals surface area (Å²) in [4.78, 5) is 27.0. The standard InChI is InChI=1S/C21H24N2O3/c1-21(20(25)22-14-16-6-4-3-5-7-16)13-12-19(24)23(21)15-17-8-10-18(26-2)11-9-17/h3-11H,12-15H2,1-2H3,(H,22,25)/t21-/m1/s1. The number of nitrogens with one attached hydrogen (secondary N) is 1. The zero-order chi connectivity index (χ0) is 18.6. The first kappa shape index (κ1) is 18.0. The van der Waals surface area contributed by atoms with E-state index in [0.717, 1.165) is 16.9 Å². The maximum Gasteiger partial charge on any atom is 0.245 e. The molecule has 1 N–H and O–H groups in total. The minimum atomic E-state index is -0.828. The summed E-state index contributed by atoms with van der Waals surface area (Å²) in [5, 5.41) is 2.98. The number of methoxy groups -OCH3 is 1. The summed E-state index contributed by atoms with van der Waals surface area (Å²) in [5.74, 6) is 0.670. The van der Waals surface area contributed by atoms with E-state index in [0.29, 0.717) is 25.9 Å². The van der Waals surface area contributed by atoms with Crippen molar-refractivity contribution in [3.63, 3.8) is 0 Å². The molecule has 0 aliphatic carbocycles. The van der Waals surface area contributed by atoms with Crippen molar-refractivity contribution in [1.29, 1.82) is 0 Å². The van der Waals surface area contributed by atoms with Crippen molar-refractivity contribution in [2.75, 3.05) is 7.11 Å². The van der Waals surface area contributed by atoms with Gasteiger partial charge in [-0.05, 0) is 36.6 Å². The van der Waals surface area contributed by atoms with Gasteiger partial charge in [-0.3, -0.25) is 9.59 Å². The van der Waals surface area contributed by atoms with Crippen molar-refractivity contribution in [3.8, 4) is 5.75 Å². The van der Waals surface area contributed by atoms with Crippen LogP contribution in [-0.2, 0) is 22.7 Å². The molecule has 5 nitrogen and oxygen atoms in total. The zero-order valence-electron chi connectivity index (χ0n) is 15.2. The molecule has 1 saturated heterocycles. The molecular weight excluding hydrogens is 328 g/mol. The minimum Gasteiger partial charge on any atom is -0.497 e. The van der Waals surface area contributed by atoms with Crippen molar-refractivity contribution in [2.24, 2.45) is 0 Å². The van der Waals surface area contributed by atoms with E-state index >= 15 is 0 Å². The highest BCUT2D eigenvalue weighted by Gasteiger charge is 2.46. The van der Waals surface area contributed by atoms with Gasteiger partial charge in [0.05, 0.1) is 7.11 Å². The highest BCUT2D eigenvalue weighted by Crippen LogP contribution is 2.32. The van der Waals surface area contributed by atoms with Gasteiger partial charge in [0, 0.05) is 19.5 Å². The van der Waals surface area contributed by atoms with Crippen molar-refractivity contribution >= 4 is 11.8 Å². The number of amides is 2. The lowest BCUT2D eigenvalue weighted by Gasteiger charge is -2.34. The number of hydrogen-bond donors (Lipinski definition) is 1. The van der Waals surface area contributed by atoms with E-state index in [1.807, 2.05) is 61.5 Å². The van der Waals surface area contributed by atoms with E-state index in [-0.39, 0.29) is 11.8 Å². The Balaban J connectivity index is 1.70. The van der Waals surface area contributed by atoms with E-state index in [9.17, 15) is 9.59 Å². The van der Waals surface area contributed by atoms with Gasteiger partial charge >= 0.3 is 0 Å². The molecule has 2 aromatic rings. The first-order valence-electron chi connectivity index (χ1n) is 8.78. The molecule has 136 valence electrons. The molecule has 26 heavy (non-hydrogen) atoms. The predicted octanol–water partition coefficient (Wildman–Crippen LogP) is 2.89. The number of nitrogens with zero attached hydrogens (tertiary/aromatic N) is 1. The summed E-state index contributed by atoms with van der Waals surface area (Å²) < 4.78 is 5.17. The molecule has 1 aliphatic heterocycles. The molecule has 5 heteroatoms. The van der Waals surface area contributed by atoms with Gasteiger partial charge in [0.1, 0.15) is 11.3 Å². The summed E-state index contributed by atoms with van der Waals surface area (Å²) in [7, 11) is 1.62. The van der Waals surface area contributed by atoms with Crippen LogP contribution in [0.25, 0.3) is 0 Å². The van der Waals surface area contributed by atoms with E-state index in [2.05, 4.69) is 5.32 Å². The van der Waals surface area contributed by atoms with Gasteiger partial charge in [-0.1, -0.05) is 42.5 Å². The summed E-state index contributed by atoms with van der Waals surface area (Å²) in [6.45, 7) is 2.72. The van der Waals surface area contributed by atoms with Crippen molar-refractivity contribution in [1.82, 2.24) is 10.2 Å². The van der Waals surface area contributed by atoms with Gasteiger partial charge in [0.2, 0.25) is 11.8 Å². The molecule has 0 unspecified atom stereocenters. The molecule has 0 saturated carbocycles. The largest absolute Gasteiger partial charge is 0.497 e. The van der Waals surface area contributed by atoms with Crippen molar-refractivity contribution < 1.29 is 14.3 Å². The Hall–Kier alpha value is -2.82. The summed E-state index contributed by atoms with van der Waals surface area (Å²) >= 11 is 0. The molecule has 2 aromatic carbocycles.